The van der Waals surface area contributed by atoms with Gasteiger partial charge in [-0.15, -0.1) is 10.2 Å². The Kier molecular flexibility index (Phi) is 5.89. The highest BCUT2D eigenvalue weighted by atomic mass is 16.2. The summed E-state index contributed by atoms with van der Waals surface area (Å²) in [5, 5.41) is 11.8. The molecule has 29 heavy (non-hydrogen) atoms. The monoisotopic (exact) mass is 389 g/mol. The number of para-hydroxylation sites is 1. The van der Waals surface area contributed by atoms with E-state index >= 15 is 0 Å². The number of rotatable bonds is 5. The molecule has 0 spiro atoms. The first-order valence-corrected chi connectivity index (χ1v) is 10.4. The summed E-state index contributed by atoms with van der Waals surface area (Å²) < 4.78 is 2.11. The Balaban J connectivity index is 1.64. The zero-order chi connectivity index (χ0) is 20.1. The Morgan fingerprint density at radius 3 is 2.52 bits per heavy atom. The summed E-state index contributed by atoms with van der Waals surface area (Å²) in [5.41, 5.74) is 3.11. The minimum atomic E-state index is -0.199. The van der Waals surface area contributed by atoms with Crippen molar-refractivity contribution in [2.45, 2.75) is 52.1 Å². The van der Waals surface area contributed by atoms with Crippen LogP contribution in [-0.2, 0) is 25.9 Å². The van der Waals surface area contributed by atoms with Crippen LogP contribution in [-0.4, -0.2) is 20.8 Å². The molecule has 1 aliphatic rings. The van der Waals surface area contributed by atoms with Gasteiger partial charge in [0.25, 0.3) is 0 Å². The smallest absolute Gasteiger partial charge is 0.307 e. The largest absolute Gasteiger partial charge is 0.329 e. The van der Waals surface area contributed by atoms with Gasteiger partial charge in [-0.3, -0.25) is 9.47 Å². The number of carbonyl (C=O) groups is 1. The normalized spacial score (nSPS) is 13.4. The van der Waals surface area contributed by atoms with Gasteiger partial charge < -0.3 is 5.32 Å². The molecule has 2 heterocycles. The van der Waals surface area contributed by atoms with E-state index in [1.807, 2.05) is 30.3 Å². The number of aromatic nitrogens is 3. The molecule has 0 unspecified atom stereocenters. The molecule has 6 nitrogen and oxygen atoms in total. The van der Waals surface area contributed by atoms with E-state index in [1.54, 1.807) is 4.90 Å². The van der Waals surface area contributed by atoms with E-state index < -0.39 is 0 Å². The molecule has 4 rings (SSSR count). The molecule has 0 radical (unpaired) electrons. The average molecular weight is 390 g/mol. The summed E-state index contributed by atoms with van der Waals surface area (Å²) in [6, 6.07) is 17.7. The molecule has 2 amide bonds. The Morgan fingerprint density at radius 1 is 1.00 bits per heavy atom. The Hall–Kier alpha value is -3.15. The fraction of sp³-hybridized carbons (Fsp3) is 0.348. The van der Waals surface area contributed by atoms with Crippen molar-refractivity contribution >= 4 is 17.7 Å². The van der Waals surface area contributed by atoms with Crippen molar-refractivity contribution in [1.82, 2.24) is 14.8 Å². The minimum Gasteiger partial charge on any atom is -0.307 e. The summed E-state index contributed by atoms with van der Waals surface area (Å²) in [4.78, 5) is 14.9. The molecule has 1 aromatic heterocycles. The number of hydrogen-bond donors (Lipinski definition) is 1. The number of urea groups is 1. The summed E-state index contributed by atoms with van der Waals surface area (Å²) in [6.45, 7) is 3.43. The van der Waals surface area contributed by atoms with Gasteiger partial charge in [0.2, 0.25) is 5.95 Å². The molecule has 6 heteroatoms. The highest BCUT2D eigenvalue weighted by Crippen LogP contribution is 2.23. The third-order valence-electron chi connectivity index (χ3n) is 5.37. The Morgan fingerprint density at radius 2 is 1.76 bits per heavy atom. The molecule has 0 aliphatic carbocycles. The lowest BCUT2D eigenvalue weighted by molar-refractivity contribution is 0.256. The first kappa shape index (κ1) is 19.2. The molecule has 3 aromatic rings. The molecule has 0 fully saturated rings. The second-order valence-corrected chi connectivity index (χ2v) is 7.43. The lowest BCUT2D eigenvalue weighted by Gasteiger charge is -2.23. The lowest BCUT2D eigenvalue weighted by Crippen LogP contribution is -2.36. The number of fused-ring (bicyclic) bond motifs is 1. The fourth-order valence-electron chi connectivity index (χ4n) is 3.68. The van der Waals surface area contributed by atoms with Crippen LogP contribution in [0.4, 0.5) is 16.4 Å². The van der Waals surface area contributed by atoms with Gasteiger partial charge in [0.05, 0.1) is 6.54 Å². The molecule has 0 saturated carbocycles. The van der Waals surface area contributed by atoms with Crippen LogP contribution >= 0.6 is 0 Å². The van der Waals surface area contributed by atoms with Crippen LogP contribution in [0.25, 0.3) is 0 Å². The summed E-state index contributed by atoms with van der Waals surface area (Å²) in [7, 11) is 0. The van der Waals surface area contributed by atoms with Crippen LogP contribution in [0, 0.1) is 0 Å². The number of anilines is 2. The van der Waals surface area contributed by atoms with E-state index in [9.17, 15) is 4.79 Å². The van der Waals surface area contributed by atoms with Gasteiger partial charge in [-0.05, 0) is 42.5 Å². The number of hydrogen-bond acceptors (Lipinski definition) is 3. The van der Waals surface area contributed by atoms with Crippen molar-refractivity contribution in [3.05, 3.63) is 71.5 Å². The number of nitrogens with one attached hydrogen (secondary N) is 1. The fourth-order valence-corrected chi connectivity index (χ4v) is 3.68. The van der Waals surface area contributed by atoms with E-state index in [4.69, 9.17) is 0 Å². The van der Waals surface area contributed by atoms with Crippen LogP contribution in [0.5, 0.6) is 0 Å². The van der Waals surface area contributed by atoms with Crippen molar-refractivity contribution in [3.8, 4) is 0 Å². The van der Waals surface area contributed by atoms with Gasteiger partial charge in [-0.25, -0.2) is 4.79 Å². The van der Waals surface area contributed by atoms with Gasteiger partial charge in [-0.1, -0.05) is 55.8 Å². The van der Waals surface area contributed by atoms with Crippen molar-refractivity contribution < 1.29 is 4.79 Å². The van der Waals surface area contributed by atoms with Crippen molar-refractivity contribution in [2.75, 3.05) is 10.2 Å². The van der Waals surface area contributed by atoms with Gasteiger partial charge in [0.15, 0.2) is 0 Å². The van der Waals surface area contributed by atoms with E-state index in [-0.39, 0.29) is 6.03 Å². The van der Waals surface area contributed by atoms with Gasteiger partial charge >= 0.3 is 6.03 Å². The van der Waals surface area contributed by atoms with Crippen LogP contribution in [0.1, 0.15) is 43.1 Å². The maximum Gasteiger partial charge on any atom is 0.329 e. The van der Waals surface area contributed by atoms with Crippen molar-refractivity contribution in [3.63, 3.8) is 0 Å². The van der Waals surface area contributed by atoms with E-state index in [2.05, 4.69) is 51.3 Å². The maximum absolute atomic E-state index is 13.2. The molecular formula is C23H27N5O. The van der Waals surface area contributed by atoms with Crippen molar-refractivity contribution in [2.24, 2.45) is 0 Å². The van der Waals surface area contributed by atoms with Gasteiger partial charge in [0, 0.05) is 18.7 Å². The van der Waals surface area contributed by atoms with E-state index in [0.717, 1.165) is 49.3 Å². The lowest BCUT2D eigenvalue weighted by atomic mass is 10.1. The number of carbonyl (C=O) groups excluding carboxylic acids is 1. The minimum absolute atomic E-state index is 0.199. The third kappa shape index (κ3) is 4.47. The quantitative estimate of drug-likeness (QED) is 0.681. The zero-order valence-electron chi connectivity index (χ0n) is 16.8. The average Bonchev–Trinajstić information content (AvgIpc) is 3.00. The Labute approximate surface area is 171 Å². The summed E-state index contributed by atoms with van der Waals surface area (Å²) >= 11 is 0. The second-order valence-electron chi connectivity index (χ2n) is 7.43. The Bertz CT molecular complexity index is 949. The molecular weight excluding hydrogens is 362 g/mol. The first-order chi connectivity index (χ1) is 14.2. The standard InChI is InChI=1S/C23H27N5O/c1-2-18-12-14-19(15-13-18)17-28(23(29)24-20-9-5-3-6-10-20)22-26-25-21-11-7-4-8-16-27(21)22/h3,5-6,9-10,12-15H,2,4,7-8,11,16-17H2,1H3,(H,24,29). The van der Waals surface area contributed by atoms with Crippen LogP contribution in [0.2, 0.25) is 0 Å². The zero-order valence-corrected chi connectivity index (χ0v) is 16.8. The van der Waals surface area contributed by atoms with Crippen molar-refractivity contribution in [1.29, 1.82) is 0 Å². The maximum atomic E-state index is 13.2. The highest BCUT2D eigenvalue weighted by molar-refractivity contribution is 6.00. The summed E-state index contributed by atoms with van der Waals surface area (Å²) in [5.74, 6) is 1.59. The molecule has 0 bridgehead atoms. The van der Waals surface area contributed by atoms with Crippen LogP contribution in [0.15, 0.2) is 54.6 Å². The van der Waals surface area contributed by atoms with Crippen LogP contribution in [0.3, 0.4) is 0 Å². The van der Waals surface area contributed by atoms with Gasteiger partial charge in [-0.2, -0.15) is 0 Å². The SMILES string of the molecule is CCc1ccc(CN(C(=O)Nc2ccccc2)c2nnc3n2CCCCC3)cc1. The van der Waals surface area contributed by atoms with E-state index in [1.165, 1.54) is 12.0 Å². The highest BCUT2D eigenvalue weighted by Gasteiger charge is 2.25. The molecule has 0 atom stereocenters. The number of benzene rings is 2. The molecule has 1 aliphatic heterocycles. The van der Waals surface area contributed by atoms with E-state index in [0.29, 0.717) is 12.5 Å². The molecule has 0 saturated heterocycles. The first-order valence-electron chi connectivity index (χ1n) is 10.4. The predicted molar refractivity (Wildman–Crippen MR) is 115 cm³/mol. The molecule has 150 valence electrons. The number of nitrogens with zero attached hydrogens (tertiary/aromatic N) is 4. The number of aryl methyl sites for hydroxylation is 2. The van der Waals surface area contributed by atoms with Crippen LogP contribution < -0.4 is 10.2 Å². The number of amides is 2. The molecule has 2 aromatic carbocycles. The second kappa shape index (κ2) is 8.90. The topological polar surface area (TPSA) is 63.1 Å². The predicted octanol–water partition coefficient (Wildman–Crippen LogP) is 4.81. The summed E-state index contributed by atoms with van der Waals surface area (Å²) in [6.07, 6.45) is 5.28. The van der Waals surface area contributed by atoms with Gasteiger partial charge in [0.1, 0.15) is 5.82 Å². The third-order valence-corrected chi connectivity index (χ3v) is 5.37. The molecule has 1 N–H and O–H groups in total.